The molecule has 0 saturated carbocycles. The van der Waals surface area contributed by atoms with Gasteiger partial charge in [-0.15, -0.1) is 24.0 Å². The lowest BCUT2D eigenvalue weighted by molar-refractivity contribution is 0.157. The van der Waals surface area contributed by atoms with Gasteiger partial charge in [0.25, 0.3) is 0 Å². The average Bonchev–Trinajstić information content (AvgIpc) is 3.35. The minimum absolute atomic E-state index is 0. The number of nitrogens with zero attached hydrogens (tertiary/aromatic N) is 3. The molecule has 2 fully saturated rings. The fourth-order valence-corrected chi connectivity index (χ4v) is 4.16. The molecule has 0 aliphatic carbocycles. The van der Waals surface area contributed by atoms with Crippen molar-refractivity contribution in [3.8, 4) is 0 Å². The normalized spacial score (nSPS) is 21.9. The van der Waals surface area contributed by atoms with Gasteiger partial charge in [-0.3, -0.25) is 9.89 Å². The number of hydrogen-bond donors (Lipinski definition) is 1. The van der Waals surface area contributed by atoms with Gasteiger partial charge in [0.2, 0.25) is 0 Å². The third-order valence-corrected chi connectivity index (χ3v) is 5.50. The third kappa shape index (κ3) is 6.32. The van der Waals surface area contributed by atoms with Crippen LogP contribution < -0.4 is 5.32 Å². The Hall–Kier alpha value is -0.860. The Kier molecular flexibility index (Phi) is 9.86. The van der Waals surface area contributed by atoms with E-state index >= 15 is 0 Å². The zero-order chi connectivity index (χ0) is 18.2. The number of aliphatic imine (C=N–C) groups is 1. The molecule has 152 valence electrons. The van der Waals surface area contributed by atoms with Crippen molar-refractivity contribution < 1.29 is 4.74 Å². The summed E-state index contributed by atoms with van der Waals surface area (Å²) in [5, 5.41) is 3.50. The van der Waals surface area contributed by atoms with Crippen LogP contribution in [0.4, 0.5) is 0 Å². The first kappa shape index (κ1) is 22.4. The van der Waals surface area contributed by atoms with Crippen LogP contribution in [0.25, 0.3) is 0 Å². The van der Waals surface area contributed by atoms with Crippen molar-refractivity contribution >= 4 is 29.9 Å². The van der Waals surface area contributed by atoms with Crippen molar-refractivity contribution in [1.29, 1.82) is 0 Å². The third-order valence-electron chi connectivity index (χ3n) is 5.50. The van der Waals surface area contributed by atoms with Crippen LogP contribution in [0.1, 0.15) is 37.8 Å². The van der Waals surface area contributed by atoms with E-state index in [1.807, 2.05) is 0 Å². The molecular formula is C21H35IN4O. The maximum atomic E-state index is 5.34. The summed E-state index contributed by atoms with van der Waals surface area (Å²) in [6, 6.07) is 11.3. The topological polar surface area (TPSA) is 40.1 Å². The molecule has 0 aromatic heterocycles. The summed E-state index contributed by atoms with van der Waals surface area (Å²) in [5.41, 5.74) is 1.38. The molecule has 2 aliphatic rings. The van der Waals surface area contributed by atoms with Crippen LogP contribution in [0.5, 0.6) is 0 Å². The van der Waals surface area contributed by atoms with Crippen LogP contribution in [0.3, 0.4) is 0 Å². The van der Waals surface area contributed by atoms with E-state index < -0.39 is 0 Å². The monoisotopic (exact) mass is 486 g/mol. The van der Waals surface area contributed by atoms with Crippen molar-refractivity contribution in [2.75, 3.05) is 53.0 Å². The first-order valence-corrected chi connectivity index (χ1v) is 10.1. The molecule has 27 heavy (non-hydrogen) atoms. The molecule has 2 saturated heterocycles. The molecule has 0 radical (unpaired) electrons. The minimum Gasteiger partial charge on any atom is -0.384 e. The lowest BCUT2D eigenvalue weighted by Crippen LogP contribution is -2.41. The molecule has 2 atom stereocenters. The van der Waals surface area contributed by atoms with Crippen LogP contribution in [0.15, 0.2) is 35.3 Å². The smallest absolute Gasteiger partial charge is 0.193 e. The van der Waals surface area contributed by atoms with Crippen LogP contribution >= 0.6 is 24.0 Å². The summed E-state index contributed by atoms with van der Waals surface area (Å²) >= 11 is 0. The van der Waals surface area contributed by atoms with Gasteiger partial charge < -0.3 is 15.0 Å². The number of nitrogens with one attached hydrogen (secondary N) is 1. The van der Waals surface area contributed by atoms with E-state index in [0.29, 0.717) is 12.0 Å². The molecule has 6 heteroatoms. The van der Waals surface area contributed by atoms with E-state index in [-0.39, 0.29) is 24.0 Å². The molecule has 1 aromatic carbocycles. The first-order valence-electron chi connectivity index (χ1n) is 10.1. The summed E-state index contributed by atoms with van der Waals surface area (Å²) in [7, 11) is 1.79. The second-order valence-corrected chi connectivity index (χ2v) is 7.42. The van der Waals surface area contributed by atoms with Crippen molar-refractivity contribution in [2.45, 2.75) is 32.2 Å². The van der Waals surface area contributed by atoms with Gasteiger partial charge in [-0.2, -0.15) is 0 Å². The van der Waals surface area contributed by atoms with Crippen molar-refractivity contribution in [2.24, 2.45) is 10.9 Å². The largest absolute Gasteiger partial charge is 0.384 e. The van der Waals surface area contributed by atoms with E-state index in [9.17, 15) is 0 Å². The van der Waals surface area contributed by atoms with Gasteiger partial charge in [0.15, 0.2) is 5.96 Å². The molecule has 3 rings (SSSR count). The fourth-order valence-electron chi connectivity index (χ4n) is 4.16. The van der Waals surface area contributed by atoms with E-state index in [2.05, 4.69) is 52.4 Å². The number of hydrogen-bond acceptors (Lipinski definition) is 3. The molecule has 0 bridgehead atoms. The molecule has 0 spiro atoms. The summed E-state index contributed by atoms with van der Waals surface area (Å²) < 4.78 is 5.34. The highest BCUT2D eigenvalue weighted by molar-refractivity contribution is 14.0. The highest BCUT2D eigenvalue weighted by atomic mass is 127. The van der Waals surface area contributed by atoms with Crippen LogP contribution in [-0.2, 0) is 4.74 Å². The SMILES string of the molecule is CCNC(=NCC(c1ccccc1)N1CCCC1)N1CCC(COC)C1.I. The van der Waals surface area contributed by atoms with E-state index in [1.165, 1.54) is 37.9 Å². The van der Waals surface area contributed by atoms with Crippen molar-refractivity contribution in [3.05, 3.63) is 35.9 Å². The summed E-state index contributed by atoms with van der Waals surface area (Å²) in [6.07, 6.45) is 3.79. The summed E-state index contributed by atoms with van der Waals surface area (Å²) in [5.74, 6) is 1.68. The molecule has 1 aromatic rings. The molecule has 2 heterocycles. The Balaban J connectivity index is 0.00000261. The van der Waals surface area contributed by atoms with E-state index in [1.54, 1.807) is 7.11 Å². The Morgan fingerprint density at radius 2 is 1.96 bits per heavy atom. The van der Waals surface area contributed by atoms with E-state index in [0.717, 1.165) is 38.7 Å². The summed E-state index contributed by atoms with van der Waals surface area (Å²) in [4.78, 5) is 10.1. The Morgan fingerprint density at radius 3 is 2.63 bits per heavy atom. The lowest BCUT2D eigenvalue weighted by atomic mass is 10.1. The quantitative estimate of drug-likeness (QED) is 0.365. The molecule has 0 amide bonds. The van der Waals surface area contributed by atoms with Crippen molar-refractivity contribution in [1.82, 2.24) is 15.1 Å². The maximum absolute atomic E-state index is 5.34. The van der Waals surface area contributed by atoms with E-state index in [4.69, 9.17) is 9.73 Å². The maximum Gasteiger partial charge on any atom is 0.193 e. The molecular weight excluding hydrogens is 451 g/mol. The highest BCUT2D eigenvalue weighted by Crippen LogP contribution is 2.25. The molecule has 5 nitrogen and oxygen atoms in total. The zero-order valence-electron chi connectivity index (χ0n) is 16.8. The van der Waals surface area contributed by atoms with Crippen LogP contribution in [0.2, 0.25) is 0 Å². The number of halogens is 1. The minimum atomic E-state index is 0. The Morgan fingerprint density at radius 1 is 1.22 bits per heavy atom. The predicted molar refractivity (Wildman–Crippen MR) is 123 cm³/mol. The second kappa shape index (κ2) is 11.9. The van der Waals surface area contributed by atoms with Crippen LogP contribution in [-0.4, -0.2) is 68.7 Å². The molecule has 2 aliphatic heterocycles. The number of likely N-dealkylation sites (tertiary alicyclic amines) is 2. The fraction of sp³-hybridized carbons (Fsp3) is 0.667. The Labute approximate surface area is 181 Å². The number of rotatable bonds is 7. The molecule has 2 unspecified atom stereocenters. The van der Waals surface area contributed by atoms with Gasteiger partial charge in [-0.1, -0.05) is 30.3 Å². The van der Waals surface area contributed by atoms with Gasteiger partial charge in [0.05, 0.1) is 19.2 Å². The van der Waals surface area contributed by atoms with Gasteiger partial charge >= 0.3 is 0 Å². The van der Waals surface area contributed by atoms with Gasteiger partial charge in [0, 0.05) is 32.7 Å². The van der Waals surface area contributed by atoms with Gasteiger partial charge in [0.1, 0.15) is 0 Å². The number of benzene rings is 1. The lowest BCUT2D eigenvalue weighted by Gasteiger charge is -2.28. The Bertz CT molecular complexity index is 563. The summed E-state index contributed by atoms with van der Waals surface area (Å²) in [6.45, 7) is 9.20. The first-order chi connectivity index (χ1) is 12.8. The van der Waals surface area contributed by atoms with Crippen LogP contribution in [0, 0.1) is 5.92 Å². The number of methoxy groups -OCH3 is 1. The number of guanidine groups is 1. The standard InChI is InChI=1S/C21H34N4O.HI/c1-3-22-21(25-14-11-18(16-25)17-26-2)23-15-20(24-12-7-8-13-24)19-9-5-4-6-10-19;/h4-6,9-10,18,20H,3,7-8,11-17H2,1-2H3,(H,22,23);1H. The zero-order valence-corrected chi connectivity index (χ0v) is 19.1. The van der Waals surface area contributed by atoms with Gasteiger partial charge in [-0.05, 0) is 44.8 Å². The second-order valence-electron chi connectivity index (χ2n) is 7.42. The van der Waals surface area contributed by atoms with Crippen molar-refractivity contribution in [3.63, 3.8) is 0 Å². The average molecular weight is 486 g/mol. The molecule has 1 N–H and O–H groups in total. The van der Waals surface area contributed by atoms with Gasteiger partial charge in [-0.25, -0.2) is 0 Å². The predicted octanol–water partition coefficient (Wildman–Crippen LogP) is 3.38. The number of ether oxygens (including phenoxy) is 1. The highest BCUT2D eigenvalue weighted by Gasteiger charge is 2.26.